The summed E-state index contributed by atoms with van der Waals surface area (Å²) in [6.07, 6.45) is 6.91. The molecular formula is C12H15BrN4. The first-order valence-electron chi connectivity index (χ1n) is 5.95. The van der Waals surface area contributed by atoms with Crippen molar-refractivity contribution in [1.29, 1.82) is 0 Å². The molecule has 0 aromatic carbocycles. The van der Waals surface area contributed by atoms with E-state index in [1.54, 1.807) is 4.52 Å². The molecule has 0 amide bonds. The lowest BCUT2D eigenvalue weighted by atomic mass is 10.0. The molecule has 90 valence electrons. The van der Waals surface area contributed by atoms with Crippen LogP contribution in [0.25, 0.3) is 5.65 Å². The highest BCUT2D eigenvalue weighted by atomic mass is 79.9. The largest absolute Gasteiger partial charge is 0.348 e. The monoisotopic (exact) mass is 294 g/mol. The summed E-state index contributed by atoms with van der Waals surface area (Å²) in [5, 5.41) is 7.91. The summed E-state index contributed by atoms with van der Waals surface area (Å²) in [6, 6.07) is 3.93. The maximum absolute atomic E-state index is 4.48. The van der Waals surface area contributed by atoms with E-state index in [1.807, 2.05) is 18.3 Å². The summed E-state index contributed by atoms with van der Waals surface area (Å²) in [5.74, 6) is 0.729. The van der Waals surface area contributed by atoms with Crippen LogP contribution in [0.4, 0.5) is 5.95 Å². The zero-order valence-corrected chi connectivity index (χ0v) is 11.4. The van der Waals surface area contributed by atoms with Gasteiger partial charge in [-0.3, -0.25) is 0 Å². The molecule has 4 nitrogen and oxygen atoms in total. The predicted octanol–water partition coefficient (Wildman–Crippen LogP) is 3.24. The first-order valence-corrected chi connectivity index (χ1v) is 6.74. The summed E-state index contributed by atoms with van der Waals surface area (Å²) in [5.41, 5.74) is 1.04. The van der Waals surface area contributed by atoms with E-state index in [2.05, 4.69) is 38.3 Å². The quantitative estimate of drug-likeness (QED) is 0.925. The highest BCUT2D eigenvalue weighted by Gasteiger charge is 2.29. The van der Waals surface area contributed by atoms with Crippen molar-refractivity contribution in [2.24, 2.45) is 0 Å². The zero-order valence-electron chi connectivity index (χ0n) is 9.78. The lowest BCUT2D eigenvalue weighted by Gasteiger charge is -2.23. The van der Waals surface area contributed by atoms with E-state index in [0.717, 1.165) is 16.1 Å². The Kier molecular flexibility index (Phi) is 2.58. The molecule has 1 aliphatic rings. The minimum atomic E-state index is 0.169. The third-order valence-corrected chi connectivity index (χ3v) is 3.88. The third kappa shape index (κ3) is 2.16. The molecule has 1 fully saturated rings. The summed E-state index contributed by atoms with van der Waals surface area (Å²) in [4.78, 5) is 4.48. The number of rotatable bonds is 2. The van der Waals surface area contributed by atoms with Crippen molar-refractivity contribution in [3.8, 4) is 0 Å². The van der Waals surface area contributed by atoms with Crippen LogP contribution in [0.1, 0.15) is 32.6 Å². The zero-order chi connectivity index (χ0) is 11.9. The molecule has 0 bridgehead atoms. The number of aromatic nitrogens is 3. The molecule has 2 heterocycles. The van der Waals surface area contributed by atoms with Gasteiger partial charge in [0.15, 0.2) is 5.65 Å². The number of pyridine rings is 1. The van der Waals surface area contributed by atoms with Gasteiger partial charge in [0.1, 0.15) is 0 Å². The lowest BCUT2D eigenvalue weighted by Crippen LogP contribution is -2.31. The Bertz CT molecular complexity index is 542. The number of fused-ring (bicyclic) bond motifs is 1. The van der Waals surface area contributed by atoms with Gasteiger partial charge in [0.2, 0.25) is 5.95 Å². The number of nitrogens with one attached hydrogen (secondary N) is 1. The van der Waals surface area contributed by atoms with Gasteiger partial charge >= 0.3 is 0 Å². The molecular weight excluding hydrogens is 280 g/mol. The van der Waals surface area contributed by atoms with Crippen LogP contribution >= 0.6 is 15.9 Å². The molecule has 0 unspecified atom stereocenters. The number of halogens is 1. The standard InChI is InChI=1S/C12H15BrN4/c1-12(6-2-3-7-12)15-11-14-10-5-4-9(13)8-17(10)16-11/h4-5,8H,2-3,6-7H2,1H3,(H,15,16). The molecule has 1 aliphatic carbocycles. The molecule has 0 saturated heterocycles. The van der Waals surface area contributed by atoms with E-state index >= 15 is 0 Å². The predicted molar refractivity (Wildman–Crippen MR) is 71.2 cm³/mol. The van der Waals surface area contributed by atoms with E-state index in [0.29, 0.717) is 0 Å². The van der Waals surface area contributed by atoms with E-state index in [9.17, 15) is 0 Å². The van der Waals surface area contributed by atoms with Gasteiger partial charge in [0.05, 0.1) is 0 Å². The highest BCUT2D eigenvalue weighted by molar-refractivity contribution is 9.10. The fourth-order valence-corrected chi connectivity index (χ4v) is 2.79. The van der Waals surface area contributed by atoms with Gasteiger partial charge in [0.25, 0.3) is 0 Å². The molecule has 17 heavy (non-hydrogen) atoms. The van der Waals surface area contributed by atoms with Crippen molar-refractivity contribution < 1.29 is 0 Å². The molecule has 0 aliphatic heterocycles. The average Bonchev–Trinajstić information content (AvgIpc) is 2.84. The van der Waals surface area contributed by atoms with Crippen LogP contribution in [-0.2, 0) is 0 Å². The lowest BCUT2D eigenvalue weighted by molar-refractivity contribution is 0.528. The first-order chi connectivity index (χ1) is 8.15. The van der Waals surface area contributed by atoms with Gasteiger partial charge in [-0.1, -0.05) is 12.8 Å². The van der Waals surface area contributed by atoms with Crippen molar-refractivity contribution in [3.05, 3.63) is 22.8 Å². The Hall–Kier alpha value is -1.10. The van der Waals surface area contributed by atoms with Crippen molar-refractivity contribution in [2.45, 2.75) is 38.1 Å². The van der Waals surface area contributed by atoms with E-state index < -0.39 is 0 Å². The second kappa shape index (κ2) is 3.98. The minimum absolute atomic E-state index is 0.169. The van der Waals surface area contributed by atoms with Crippen molar-refractivity contribution in [1.82, 2.24) is 14.6 Å². The van der Waals surface area contributed by atoms with Crippen LogP contribution in [0.3, 0.4) is 0 Å². The normalized spacial score (nSPS) is 18.7. The topological polar surface area (TPSA) is 42.2 Å². The van der Waals surface area contributed by atoms with E-state index in [1.165, 1.54) is 25.7 Å². The fraction of sp³-hybridized carbons (Fsp3) is 0.500. The molecule has 1 N–H and O–H groups in total. The Morgan fingerprint density at radius 2 is 2.12 bits per heavy atom. The van der Waals surface area contributed by atoms with Crippen LogP contribution < -0.4 is 5.32 Å². The summed E-state index contributed by atoms with van der Waals surface area (Å²) in [6.45, 7) is 2.25. The summed E-state index contributed by atoms with van der Waals surface area (Å²) < 4.78 is 2.80. The van der Waals surface area contributed by atoms with Crippen LogP contribution in [0, 0.1) is 0 Å². The van der Waals surface area contributed by atoms with E-state index in [-0.39, 0.29) is 5.54 Å². The third-order valence-electron chi connectivity index (χ3n) is 3.42. The molecule has 5 heteroatoms. The Balaban J connectivity index is 1.90. The van der Waals surface area contributed by atoms with Crippen LogP contribution in [0.5, 0.6) is 0 Å². The van der Waals surface area contributed by atoms with Gasteiger partial charge < -0.3 is 5.32 Å². The maximum atomic E-state index is 4.48. The van der Waals surface area contributed by atoms with Crippen LogP contribution in [-0.4, -0.2) is 20.1 Å². The van der Waals surface area contributed by atoms with Crippen molar-refractivity contribution in [2.75, 3.05) is 5.32 Å². The molecule has 2 aromatic heterocycles. The molecule has 0 spiro atoms. The van der Waals surface area contributed by atoms with E-state index in [4.69, 9.17) is 0 Å². The Labute approximate surface area is 109 Å². The van der Waals surface area contributed by atoms with Gasteiger partial charge in [0, 0.05) is 16.2 Å². The molecule has 1 saturated carbocycles. The molecule has 3 rings (SSSR count). The SMILES string of the molecule is CC1(Nc2nc3ccc(Br)cn3n2)CCCC1. The Morgan fingerprint density at radius 3 is 2.88 bits per heavy atom. The van der Waals surface area contributed by atoms with Crippen molar-refractivity contribution >= 4 is 27.5 Å². The molecule has 0 atom stereocenters. The maximum Gasteiger partial charge on any atom is 0.243 e. The smallest absolute Gasteiger partial charge is 0.243 e. The van der Waals surface area contributed by atoms with Crippen LogP contribution in [0.15, 0.2) is 22.8 Å². The number of hydrogen-bond donors (Lipinski definition) is 1. The second-order valence-corrected chi connectivity index (χ2v) is 5.89. The van der Waals surface area contributed by atoms with Gasteiger partial charge in [-0.15, -0.1) is 5.10 Å². The summed E-state index contributed by atoms with van der Waals surface area (Å²) >= 11 is 3.43. The second-order valence-electron chi connectivity index (χ2n) is 4.98. The number of anilines is 1. The fourth-order valence-electron chi connectivity index (χ4n) is 2.46. The minimum Gasteiger partial charge on any atom is -0.348 e. The van der Waals surface area contributed by atoms with Gasteiger partial charge in [-0.2, -0.15) is 4.98 Å². The van der Waals surface area contributed by atoms with Gasteiger partial charge in [-0.25, -0.2) is 4.52 Å². The molecule has 2 aromatic rings. The average molecular weight is 295 g/mol. The first kappa shape index (κ1) is 11.0. The van der Waals surface area contributed by atoms with Gasteiger partial charge in [-0.05, 0) is 47.8 Å². The Morgan fingerprint density at radius 1 is 1.35 bits per heavy atom. The number of hydrogen-bond acceptors (Lipinski definition) is 3. The highest BCUT2D eigenvalue weighted by Crippen LogP contribution is 2.31. The van der Waals surface area contributed by atoms with Crippen molar-refractivity contribution in [3.63, 3.8) is 0 Å². The van der Waals surface area contributed by atoms with Crippen LogP contribution in [0.2, 0.25) is 0 Å². The summed E-state index contributed by atoms with van der Waals surface area (Å²) in [7, 11) is 0. The number of nitrogens with zero attached hydrogens (tertiary/aromatic N) is 3. The molecule has 0 radical (unpaired) electrons.